The Morgan fingerprint density at radius 2 is 1.50 bits per heavy atom. The lowest BCUT2D eigenvalue weighted by Crippen LogP contribution is -2.01. The first-order valence-corrected chi connectivity index (χ1v) is 9.50. The second-order valence-electron chi connectivity index (χ2n) is 5.28. The molecular formula is C18H16S2. The zero-order valence-electron chi connectivity index (χ0n) is 11.2. The van der Waals surface area contributed by atoms with Gasteiger partial charge in [-0.3, -0.25) is 0 Å². The Balaban J connectivity index is 2.06. The van der Waals surface area contributed by atoms with Gasteiger partial charge in [0.1, 0.15) is 0 Å². The molecule has 0 nitrogen and oxygen atoms in total. The zero-order valence-corrected chi connectivity index (χ0v) is 12.8. The molecule has 0 radical (unpaired) electrons. The van der Waals surface area contributed by atoms with Gasteiger partial charge in [-0.15, -0.1) is 0 Å². The first-order valence-electron chi connectivity index (χ1n) is 7.12. The summed E-state index contributed by atoms with van der Waals surface area (Å²) in [6.45, 7) is 0. The molecule has 0 bridgehead atoms. The third-order valence-electron chi connectivity index (χ3n) is 4.01. The Kier molecular flexibility index (Phi) is 3.37. The fraction of sp³-hybridized carbons (Fsp3) is 0.222. The van der Waals surface area contributed by atoms with Crippen LogP contribution in [0.1, 0.15) is 23.7 Å². The van der Waals surface area contributed by atoms with Gasteiger partial charge in [-0.1, -0.05) is 70.1 Å². The molecule has 2 heteroatoms. The summed E-state index contributed by atoms with van der Waals surface area (Å²) in [4.78, 5) is 0. The molecule has 0 saturated carbocycles. The quantitative estimate of drug-likeness (QED) is 0.387. The summed E-state index contributed by atoms with van der Waals surface area (Å²) in [7, 11) is 4.09. The molecule has 0 spiro atoms. The molecular weight excluding hydrogens is 280 g/mol. The standard InChI is InChI=1S/C18H16S2/c1-3-8-15-13(6-1)12-14-7-2-4-9-16(14)18(15)17-10-5-11-19-20-17/h1-4,6-9,12,17H,5,10-11H2. The van der Waals surface area contributed by atoms with Crippen LogP contribution in [-0.4, -0.2) is 5.75 Å². The average molecular weight is 296 g/mol. The summed E-state index contributed by atoms with van der Waals surface area (Å²) in [5.41, 5.74) is 1.55. The third kappa shape index (κ3) is 2.11. The lowest BCUT2D eigenvalue weighted by Gasteiger charge is -2.24. The fourth-order valence-corrected chi connectivity index (χ4v) is 5.96. The minimum Gasteiger partial charge on any atom is -0.0935 e. The highest BCUT2D eigenvalue weighted by molar-refractivity contribution is 8.76. The van der Waals surface area contributed by atoms with Crippen LogP contribution in [0.2, 0.25) is 0 Å². The van der Waals surface area contributed by atoms with E-state index in [1.54, 1.807) is 5.56 Å². The number of benzene rings is 3. The molecule has 1 aliphatic heterocycles. The smallest absolute Gasteiger partial charge is 0.0413 e. The van der Waals surface area contributed by atoms with E-state index in [0.29, 0.717) is 5.25 Å². The molecule has 0 N–H and O–H groups in total. The maximum absolute atomic E-state index is 2.33. The van der Waals surface area contributed by atoms with Crippen molar-refractivity contribution < 1.29 is 0 Å². The second kappa shape index (κ2) is 5.34. The van der Waals surface area contributed by atoms with E-state index in [1.807, 2.05) is 10.8 Å². The predicted octanol–water partition coefficient (Wildman–Crippen LogP) is 6.21. The molecule has 0 aromatic heterocycles. The molecule has 1 fully saturated rings. The minimum absolute atomic E-state index is 0.629. The van der Waals surface area contributed by atoms with Crippen molar-refractivity contribution in [1.29, 1.82) is 0 Å². The van der Waals surface area contributed by atoms with Crippen LogP contribution in [-0.2, 0) is 0 Å². The number of fused-ring (bicyclic) bond motifs is 2. The van der Waals surface area contributed by atoms with E-state index in [9.17, 15) is 0 Å². The molecule has 0 amide bonds. The summed E-state index contributed by atoms with van der Waals surface area (Å²) in [6, 6.07) is 20.0. The molecule has 1 heterocycles. The van der Waals surface area contributed by atoms with Gasteiger partial charge in [0.25, 0.3) is 0 Å². The highest BCUT2D eigenvalue weighted by atomic mass is 33.1. The molecule has 1 aliphatic rings. The van der Waals surface area contributed by atoms with Crippen molar-refractivity contribution in [2.45, 2.75) is 18.1 Å². The van der Waals surface area contributed by atoms with Crippen LogP contribution in [0.5, 0.6) is 0 Å². The van der Waals surface area contributed by atoms with E-state index in [0.717, 1.165) is 0 Å². The van der Waals surface area contributed by atoms with Crippen molar-refractivity contribution in [3.63, 3.8) is 0 Å². The first kappa shape index (κ1) is 12.6. The van der Waals surface area contributed by atoms with Gasteiger partial charge in [-0.25, -0.2) is 0 Å². The summed E-state index contributed by atoms with van der Waals surface area (Å²) < 4.78 is 0. The van der Waals surface area contributed by atoms with E-state index >= 15 is 0 Å². The summed E-state index contributed by atoms with van der Waals surface area (Å²) in [5, 5.41) is 6.25. The molecule has 1 unspecified atom stereocenters. The zero-order chi connectivity index (χ0) is 13.4. The van der Waals surface area contributed by atoms with E-state index in [4.69, 9.17) is 0 Å². The van der Waals surface area contributed by atoms with Crippen LogP contribution in [0.3, 0.4) is 0 Å². The summed E-state index contributed by atoms with van der Waals surface area (Å²) in [6.07, 6.45) is 2.63. The molecule has 1 atom stereocenters. The van der Waals surface area contributed by atoms with Crippen LogP contribution in [0.4, 0.5) is 0 Å². The largest absolute Gasteiger partial charge is 0.0935 e. The molecule has 3 aromatic rings. The Bertz CT molecular complexity index is 704. The normalized spacial score (nSPS) is 19.5. The highest BCUT2D eigenvalue weighted by Crippen LogP contribution is 2.49. The summed E-state index contributed by atoms with van der Waals surface area (Å²) in [5.74, 6) is 1.30. The monoisotopic (exact) mass is 296 g/mol. The minimum atomic E-state index is 0.629. The van der Waals surface area contributed by atoms with Gasteiger partial charge in [0.2, 0.25) is 0 Å². The molecule has 4 rings (SSSR count). The second-order valence-corrected chi connectivity index (χ2v) is 7.97. The van der Waals surface area contributed by atoms with Crippen molar-refractivity contribution in [2.24, 2.45) is 0 Å². The fourth-order valence-electron chi connectivity index (χ4n) is 3.09. The van der Waals surface area contributed by atoms with Crippen LogP contribution in [0, 0.1) is 0 Å². The van der Waals surface area contributed by atoms with Crippen molar-refractivity contribution in [2.75, 3.05) is 5.75 Å². The lowest BCUT2D eigenvalue weighted by atomic mass is 9.93. The summed E-state index contributed by atoms with van der Waals surface area (Å²) >= 11 is 0. The molecule has 20 heavy (non-hydrogen) atoms. The van der Waals surface area contributed by atoms with Gasteiger partial charge in [-0.05, 0) is 46.0 Å². The van der Waals surface area contributed by atoms with E-state index < -0.39 is 0 Å². The van der Waals surface area contributed by atoms with Crippen molar-refractivity contribution in [3.05, 3.63) is 60.2 Å². The van der Waals surface area contributed by atoms with Gasteiger partial charge in [0.05, 0.1) is 0 Å². The van der Waals surface area contributed by atoms with E-state index in [-0.39, 0.29) is 0 Å². The van der Waals surface area contributed by atoms with E-state index in [2.05, 4.69) is 65.4 Å². The highest BCUT2D eigenvalue weighted by Gasteiger charge is 2.21. The predicted molar refractivity (Wildman–Crippen MR) is 93.5 cm³/mol. The van der Waals surface area contributed by atoms with Crippen LogP contribution in [0.25, 0.3) is 21.5 Å². The van der Waals surface area contributed by atoms with Crippen molar-refractivity contribution in [1.82, 2.24) is 0 Å². The number of rotatable bonds is 1. The van der Waals surface area contributed by atoms with Gasteiger partial charge in [0.15, 0.2) is 0 Å². The molecule has 1 saturated heterocycles. The number of hydrogen-bond donors (Lipinski definition) is 0. The average Bonchev–Trinajstić information content (AvgIpc) is 2.53. The molecule has 100 valence electrons. The molecule has 0 aliphatic carbocycles. The van der Waals surface area contributed by atoms with Crippen molar-refractivity contribution in [3.8, 4) is 0 Å². The van der Waals surface area contributed by atoms with Crippen LogP contribution in [0.15, 0.2) is 54.6 Å². The van der Waals surface area contributed by atoms with Gasteiger partial charge in [0, 0.05) is 11.0 Å². The van der Waals surface area contributed by atoms with Crippen LogP contribution < -0.4 is 0 Å². The third-order valence-corrected chi connectivity index (χ3v) is 6.91. The molecule has 3 aromatic carbocycles. The lowest BCUT2D eigenvalue weighted by molar-refractivity contribution is 0.792. The van der Waals surface area contributed by atoms with Crippen molar-refractivity contribution >= 4 is 43.1 Å². The Morgan fingerprint density at radius 1 is 0.850 bits per heavy atom. The van der Waals surface area contributed by atoms with E-state index in [1.165, 1.54) is 40.1 Å². The Hall–Kier alpha value is -1.12. The van der Waals surface area contributed by atoms with Crippen LogP contribution >= 0.6 is 21.6 Å². The Labute approximate surface area is 127 Å². The maximum atomic E-state index is 2.33. The van der Waals surface area contributed by atoms with Gasteiger partial charge >= 0.3 is 0 Å². The van der Waals surface area contributed by atoms with Gasteiger partial charge < -0.3 is 0 Å². The Morgan fingerprint density at radius 3 is 2.10 bits per heavy atom. The first-order chi connectivity index (χ1) is 9.93. The maximum Gasteiger partial charge on any atom is 0.0413 e. The number of hydrogen-bond acceptors (Lipinski definition) is 2. The topological polar surface area (TPSA) is 0 Å². The van der Waals surface area contributed by atoms with Gasteiger partial charge in [-0.2, -0.15) is 0 Å². The SMILES string of the molecule is c1ccc2c(C3CCCSS3)c3ccccc3cc2c1.